The van der Waals surface area contributed by atoms with Gasteiger partial charge in [0.2, 0.25) is 0 Å². The zero-order valence-electron chi connectivity index (χ0n) is 23.1. The number of rotatable bonds is 0. The van der Waals surface area contributed by atoms with Gasteiger partial charge in [-0.3, -0.25) is 9.59 Å². The molecule has 0 saturated heterocycles. The van der Waals surface area contributed by atoms with Crippen LogP contribution in [0.4, 0.5) is 0 Å². The topological polar surface area (TPSA) is 44.0 Å². The Balaban J connectivity index is 0.00000102. The van der Waals surface area contributed by atoms with E-state index in [2.05, 4.69) is 90.6 Å². The van der Waals surface area contributed by atoms with E-state index < -0.39 is 0 Å². The Labute approximate surface area is 246 Å². The van der Waals surface area contributed by atoms with Gasteiger partial charge in [0, 0.05) is 35.6 Å². The van der Waals surface area contributed by atoms with Crippen LogP contribution >= 0.6 is 40.0 Å². The van der Waals surface area contributed by atoms with Gasteiger partial charge in [-0.2, -0.15) is 0 Å². The fraction of sp³-hybridized carbons (Fsp3) is 0.333. The Morgan fingerprint density at radius 1 is 0.541 bits per heavy atom. The maximum atomic E-state index is 13.9. The monoisotopic (exact) mass is 757 g/mol. The number of aromatic nitrogens is 2. The summed E-state index contributed by atoms with van der Waals surface area (Å²) in [6.07, 6.45) is 0. The number of nitrogens with zero attached hydrogens (tertiary/aromatic N) is 2. The summed E-state index contributed by atoms with van der Waals surface area (Å²) in [4.78, 5) is 27.8. The maximum absolute atomic E-state index is 13.9. The zero-order valence-corrected chi connectivity index (χ0v) is 28.8. The number of fused-ring (bicyclic) bond motifs is 4. The molecule has 0 spiro atoms. The van der Waals surface area contributed by atoms with Gasteiger partial charge in [0.15, 0.2) is 10.9 Å². The number of hydrogen-bond acceptors (Lipinski definition) is 2. The minimum atomic E-state index is 0.0363. The zero-order chi connectivity index (χ0) is 27.7. The molecule has 3 aromatic carbocycles. The summed E-state index contributed by atoms with van der Waals surface area (Å²) in [5, 5.41) is 2.86. The van der Waals surface area contributed by atoms with E-state index >= 15 is 0 Å². The van der Waals surface area contributed by atoms with E-state index in [0.717, 1.165) is 66.2 Å². The fourth-order valence-electron chi connectivity index (χ4n) is 5.99. The molecule has 0 N–H and O–H groups in total. The second-order valence-electron chi connectivity index (χ2n) is 10.2. The van der Waals surface area contributed by atoms with Gasteiger partial charge >= 0.3 is 49.4 Å². The van der Waals surface area contributed by atoms with Crippen LogP contribution in [-0.4, -0.2) is 9.13 Å². The van der Waals surface area contributed by atoms with E-state index in [1.54, 1.807) is 0 Å². The van der Waals surface area contributed by atoms with Gasteiger partial charge in [-0.25, -0.2) is 0 Å². The van der Waals surface area contributed by atoms with Gasteiger partial charge in [0.25, 0.3) is 0 Å². The average molecular weight is 757 g/mol. The van der Waals surface area contributed by atoms with Crippen LogP contribution < -0.4 is 10.9 Å². The molecule has 0 amide bonds. The third kappa shape index (κ3) is 4.12. The normalized spacial score (nSPS) is 11.5. The molecule has 5 rings (SSSR count). The molecule has 0 unspecified atom stereocenters. The van der Waals surface area contributed by atoms with Gasteiger partial charge in [0.05, 0.1) is 22.1 Å². The van der Waals surface area contributed by atoms with Crippen molar-refractivity contribution < 1.29 is 9.47 Å². The van der Waals surface area contributed by atoms with E-state index in [4.69, 9.17) is 0 Å². The Bertz CT molecular complexity index is 1780. The summed E-state index contributed by atoms with van der Waals surface area (Å²) in [6.45, 7) is 16.7. The molecule has 0 atom stereocenters. The SMILES string of the molecule is Cc1c(C)c(C)c2c(c1C)c(=O)c1cc3c(cc1n2C)c(=O)c1c(C)c(C)c(C)c(C)c1n3C.[I][V][I]. The first kappa shape index (κ1) is 28.6. The first-order chi connectivity index (χ1) is 17.3. The molecule has 37 heavy (non-hydrogen) atoms. The molecule has 2 aromatic heterocycles. The molecule has 0 aliphatic carbocycles. The van der Waals surface area contributed by atoms with Crippen LogP contribution in [0, 0.1) is 55.4 Å². The standard InChI is InChI=1S/C30H32N2O2.2HI.V/c1-13-15(3)19(7)27-25(17(13)5)29(33)21-11-24-22(12-23(21)31(27)9)30(34)26-18(6)14(2)16(4)20(8)28(26)32(24)10;;;/h11-12H,1-10H3;2*1H;/q;;;+2/p-2. The molecule has 5 aromatic rings. The number of benzene rings is 3. The van der Waals surface area contributed by atoms with E-state index in [-0.39, 0.29) is 10.9 Å². The van der Waals surface area contributed by atoms with Crippen molar-refractivity contribution in [1.82, 2.24) is 9.13 Å². The van der Waals surface area contributed by atoms with Crippen molar-refractivity contribution in [2.45, 2.75) is 55.4 Å². The van der Waals surface area contributed by atoms with E-state index in [1.165, 1.54) is 11.1 Å². The number of pyridine rings is 2. The first-order valence-electron chi connectivity index (χ1n) is 12.2. The molecule has 193 valence electrons. The van der Waals surface area contributed by atoms with Crippen molar-refractivity contribution in [3.8, 4) is 0 Å². The van der Waals surface area contributed by atoms with Crippen LogP contribution in [0.2, 0.25) is 0 Å². The van der Waals surface area contributed by atoms with Gasteiger partial charge in [0.1, 0.15) is 0 Å². The second kappa shape index (κ2) is 10.3. The molecule has 2 heterocycles. The summed E-state index contributed by atoms with van der Waals surface area (Å²) in [6, 6.07) is 3.86. The van der Waals surface area contributed by atoms with Crippen molar-refractivity contribution in [2.75, 3.05) is 0 Å². The number of aryl methyl sites for hydroxylation is 6. The number of hydrogen-bond donors (Lipinski definition) is 0. The Hall–Kier alpha value is -1.36. The van der Waals surface area contributed by atoms with Crippen LogP contribution in [-0.2, 0) is 23.6 Å². The minimum absolute atomic E-state index is 0.0363. The van der Waals surface area contributed by atoms with Crippen LogP contribution in [0.3, 0.4) is 0 Å². The third-order valence-corrected chi connectivity index (χ3v) is 8.76. The van der Waals surface area contributed by atoms with Gasteiger partial charge in [-0.15, -0.1) is 0 Å². The van der Waals surface area contributed by atoms with Crippen molar-refractivity contribution in [3.63, 3.8) is 0 Å². The molecule has 7 heteroatoms. The quantitative estimate of drug-likeness (QED) is 0.119. The molecule has 0 radical (unpaired) electrons. The van der Waals surface area contributed by atoms with E-state index in [9.17, 15) is 9.59 Å². The summed E-state index contributed by atoms with van der Waals surface area (Å²) < 4.78 is 4.20. The van der Waals surface area contributed by atoms with Crippen molar-refractivity contribution in [2.24, 2.45) is 14.1 Å². The van der Waals surface area contributed by atoms with Crippen LogP contribution in [0.25, 0.3) is 43.6 Å². The van der Waals surface area contributed by atoms with E-state index in [1.807, 2.05) is 40.1 Å². The van der Waals surface area contributed by atoms with Crippen molar-refractivity contribution >= 4 is 83.6 Å². The van der Waals surface area contributed by atoms with Crippen LogP contribution in [0.15, 0.2) is 21.7 Å². The summed E-state index contributed by atoms with van der Waals surface area (Å²) in [5.74, 6) is 0. The first-order valence-corrected chi connectivity index (χ1v) is 21.2. The predicted octanol–water partition coefficient (Wildman–Crippen LogP) is 7.93. The fourth-order valence-corrected chi connectivity index (χ4v) is 5.99. The molecular weight excluding hydrogens is 725 g/mol. The second-order valence-corrected chi connectivity index (χ2v) is 22.0. The molecule has 0 aliphatic heterocycles. The Morgan fingerprint density at radius 2 is 0.811 bits per heavy atom. The Kier molecular flexibility index (Phi) is 7.99. The predicted molar refractivity (Wildman–Crippen MR) is 173 cm³/mol. The van der Waals surface area contributed by atoms with Gasteiger partial charge < -0.3 is 9.13 Å². The molecule has 0 bridgehead atoms. The molecule has 0 aliphatic rings. The summed E-state index contributed by atoms with van der Waals surface area (Å²) >= 11 is 4.74. The van der Waals surface area contributed by atoms with Gasteiger partial charge in [-0.05, 0) is 112 Å². The Morgan fingerprint density at radius 3 is 1.11 bits per heavy atom. The average Bonchev–Trinajstić information content (AvgIpc) is 2.87. The summed E-state index contributed by atoms with van der Waals surface area (Å²) in [5.41, 5.74) is 12.6. The van der Waals surface area contributed by atoms with Crippen LogP contribution in [0.5, 0.6) is 0 Å². The van der Waals surface area contributed by atoms with Gasteiger partial charge in [-0.1, -0.05) is 0 Å². The summed E-state index contributed by atoms with van der Waals surface area (Å²) in [7, 11) is 4.64. The van der Waals surface area contributed by atoms with Crippen molar-refractivity contribution in [3.05, 3.63) is 77.1 Å². The molecule has 0 fully saturated rings. The van der Waals surface area contributed by atoms with E-state index in [0.29, 0.717) is 20.2 Å². The molecular formula is C30H32I2N2O2V. The number of halogens is 2. The molecule has 0 saturated carbocycles. The molecule has 4 nitrogen and oxygen atoms in total. The third-order valence-electron chi connectivity index (χ3n) is 8.76. The van der Waals surface area contributed by atoms with Crippen molar-refractivity contribution in [1.29, 1.82) is 0 Å². The van der Waals surface area contributed by atoms with Crippen LogP contribution in [0.1, 0.15) is 44.5 Å².